The van der Waals surface area contributed by atoms with E-state index in [2.05, 4.69) is 43.6 Å². The van der Waals surface area contributed by atoms with E-state index in [4.69, 9.17) is 0 Å². The van der Waals surface area contributed by atoms with Crippen molar-refractivity contribution in [2.24, 2.45) is 15.9 Å². The highest BCUT2D eigenvalue weighted by Gasteiger charge is 2.23. The van der Waals surface area contributed by atoms with Crippen LogP contribution in [-0.2, 0) is 0 Å². The number of aliphatic imine (C=N–C) groups is 2. The van der Waals surface area contributed by atoms with Gasteiger partial charge in [0.15, 0.2) is 0 Å². The topological polar surface area (TPSA) is 24.7 Å². The molecule has 0 amide bonds. The van der Waals surface area contributed by atoms with E-state index in [1.165, 1.54) is 24.0 Å². The molecule has 0 spiro atoms. The van der Waals surface area contributed by atoms with Crippen molar-refractivity contribution in [1.82, 2.24) is 0 Å². The monoisotopic (exact) mass is 296 g/mol. The van der Waals surface area contributed by atoms with Crippen LogP contribution >= 0.6 is 0 Å². The summed E-state index contributed by atoms with van der Waals surface area (Å²) in [5.74, 6) is 0.737. The zero-order chi connectivity index (χ0) is 16.5. The molecular weight excluding hydrogens is 268 g/mol. The Balaban J connectivity index is 2.84. The van der Waals surface area contributed by atoms with Gasteiger partial charge in [-0.2, -0.15) is 0 Å². The van der Waals surface area contributed by atoms with Gasteiger partial charge in [0.05, 0.1) is 5.71 Å². The first-order valence-electron chi connectivity index (χ1n) is 7.91. The summed E-state index contributed by atoms with van der Waals surface area (Å²) in [6.45, 7) is 18.0. The van der Waals surface area contributed by atoms with Crippen molar-refractivity contribution in [1.29, 1.82) is 0 Å². The van der Waals surface area contributed by atoms with Crippen molar-refractivity contribution in [2.75, 3.05) is 0 Å². The molecule has 1 rings (SSSR count). The highest BCUT2D eigenvalue weighted by atomic mass is 14.7. The molecule has 0 aromatic carbocycles. The molecule has 0 bridgehead atoms. The van der Waals surface area contributed by atoms with Crippen molar-refractivity contribution in [3.8, 4) is 0 Å². The van der Waals surface area contributed by atoms with Crippen LogP contribution < -0.4 is 0 Å². The summed E-state index contributed by atoms with van der Waals surface area (Å²) in [6, 6.07) is 0. The fourth-order valence-electron chi connectivity index (χ4n) is 1.96. The van der Waals surface area contributed by atoms with Crippen LogP contribution in [0.1, 0.15) is 46.5 Å². The maximum absolute atomic E-state index is 4.54. The Labute approximate surface area is 135 Å². The second-order valence-corrected chi connectivity index (χ2v) is 5.81. The maximum Gasteiger partial charge on any atom is 0.0711 e. The molecule has 0 N–H and O–H groups in total. The predicted molar refractivity (Wildman–Crippen MR) is 99.6 cm³/mol. The standard InChI is InChI=1S/C20H28N2/c1-7-17(6)21-14-18(8-2)20(9-3)22-13-15(4)12-16(5)19-10-11-19/h8-9,13-14,19H,2-3,5,7,10-12H2,1,4,6H3/b15-13+,18-14+,21-17?,22-20+. The lowest BCUT2D eigenvalue weighted by molar-refractivity contribution is 0.928. The normalized spacial score (nSPS) is 17.4. The van der Waals surface area contributed by atoms with Gasteiger partial charge in [0.2, 0.25) is 0 Å². The first kappa shape index (κ1) is 18.1. The van der Waals surface area contributed by atoms with Crippen LogP contribution in [0.25, 0.3) is 0 Å². The average Bonchev–Trinajstić information content (AvgIpc) is 3.34. The summed E-state index contributed by atoms with van der Waals surface area (Å²) < 4.78 is 0. The predicted octanol–water partition coefficient (Wildman–Crippen LogP) is 5.81. The molecule has 0 radical (unpaired) electrons. The van der Waals surface area contributed by atoms with E-state index >= 15 is 0 Å². The molecule has 22 heavy (non-hydrogen) atoms. The van der Waals surface area contributed by atoms with E-state index in [-0.39, 0.29) is 0 Å². The van der Waals surface area contributed by atoms with E-state index in [1.54, 1.807) is 18.4 Å². The highest BCUT2D eigenvalue weighted by molar-refractivity contribution is 6.10. The third-order valence-electron chi connectivity index (χ3n) is 3.73. The Bertz CT molecular complexity index is 552. The minimum Gasteiger partial charge on any atom is -0.265 e. The van der Waals surface area contributed by atoms with Crippen molar-refractivity contribution >= 4 is 11.4 Å². The lowest BCUT2D eigenvalue weighted by atomic mass is 10.1. The summed E-state index contributed by atoms with van der Waals surface area (Å²) in [5.41, 5.74) is 5.29. The van der Waals surface area contributed by atoms with Crippen LogP contribution in [0.4, 0.5) is 0 Å². The summed E-state index contributed by atoms with van der Waals surface area (Å²) >= 11 is 0. The number of rotatable bonds is 9. The van der Waals surface area contributed by atoms with Crippen LogP contribution in [-0.4, -0.2) is 11.4 Å². The SMILES string of the molecule is C=CC(=C\N=C(C)CC)/C(C=C)=N/C=C(\C)CC(=C)C1CC1. The quantitative estimate of drug-likeness (QED) is 0.291. The van der Waals surface area contributed by atoms with Crippen LogP contribution in [0, 0.1) is 5.92 Å². The molecule has 1 aliphatic rings. The molecule has 2 heteroatoms. The maximum atomic E-state index is 4.54. The van der Waals surface area contributed by atoms with Gasteiger partial charge in [0.1, 0.15) is 0 Å². The lowest BCUT2D eigenvalue weighted by Crippen LogP contribution is -1.96. The molecule has 0 aliphatic heterocycles. The molecule has 1 fully saturated rings. The van der Waals surface area contributed by atoms with Crippen molar-refractivity contribution in [3.63, 3.8) is 0 Å². The summed E-state index contributed by atoms with van der Waals surface area (Å²) in [4.78, 5) is 8.95. The molecule has 2 nitrogen and oxygen atoms in total. The van der Waals surface area contributed by atoms with E-state index in [1.807, 2.05) is 13.1 Å². The Kier molecular flexibility index (Phi) is 7.51. The molecule has 0 atom stereocenters. The second kappa shape index (κ2) is 9.14. The van der Waals surface area contributed by atoms with Gasteiger partial charge in [-0.3, -0.25) is 9.98 Å². The highest BCUT2D eigenvalue weighted by Crippen LogP contribution is 2.38. The molecule has 1 aliphatic carbocycles. The van der Waals surface area contributed by atoms with Gasteiger partial charge in [-0.25, -0.2) is 0 Å². The van der Waals surface area contributed by atoms with Crippen LogP contribution in [0.5, 0.6) is 0 Å². The molecule has 1 saturated carbocycles. The van der Waals surface area contributed by atoms with Gasteiger partial charge in [-0.15, -0.1) is 0 Å². The van der Waals surface area contributed by atoms with Crippen molar-refractivity contribution < 1.29 is 0 Å². The van der Waals surface area contributed by atoms with Crippen molar-refractivity contribution in [2.45, 2.75) is 46.5 Å². The largest absolute Gasteiger partial charge is 0.265 e. The number of allylic oxidation sites excluding steroid dienone is 5. The molecule has 0 heterocycles. The van der Waals surface area contributed by atoms with E-state index in [0.717, 1.165) is 35.8 Å². The third-order valence-corrected chi connectivity index (χ3v) is 3.73. The molecule has 0 aromatic heterocycles. The average molecular weight is 296 g/mol. The Morgan fingerprint density at radius 3 is 2.27 bits per heavy atom. The molecular formula is C20H28N2. The Hall–Kier alpha value is -1.96. The van der Waals surface area contributed by atoms with Gasteiger partial charge in [-0.05, 0) is 51.5 Å². The van der Waals surface area contributed by atoms with Gasteiger partial charge >= 0.3 is 0 Å². The van der Waals surface area contributed by atoms with Gasteiger partial charge in [-0.1, -0.05) is 43.9 Å². The second-order valence-electron chi connectivity index (χ2n) is 5.81. The van der Waals surface area contributed by atoms with E-state index < -0.39 is 0 Å². The van der Waals surface area contributed by atoms with E-state index in [9.17, 15) is 0 Å². The number of hydrogen-bond acceptors (Lipinski definition) is 2. The summed E-state index contributed by atoms with van der Waals surface area (Å²) in [5, 5.41) is 0. The van der Waals surface area contributed by atoms with Gasteiger partial charge in [0.25, 0.3) is 0 Å². The van der Waals surface area contributed by atoms with E-state index in [0.29, 0.717) is 0 Å². The Morgan fingerprint density at radius 1 is 1.09 bits per heavy atom. The zero-order valence-electron chi connectivity index (χ0n) is 14.2. The zero-order valence-corrected chi connectivity index (χ0v) is 14.2. The fourth-order valence-corrected chi connectivity index (χ4v) is 1.96. The first-order chi connectivity index (χ1) is 10.5. The molecule has 0 unspecified atom stereocenters. The Morgan fingerprint density at radius 2 is 1.77 bits per heavy atom. The summed E-state index contributed by atoms with van der Waals surface area (Å²) in [7, 11) is 0. The van der Waals surface area contributed by atoms with Crippen LogP contribution in [0.2, 0.25) is 0 Å². The minimum atomic E-state index is 0.737. The lowest BCUT2D eigenvalue weighted by Gasteiger charge is -2.04. The molecule has 118 valence electrons. The van der Waals surface area contributed by atoms with Crippen LogP contribution in [0.15, 0.2) is 71.0 Å². The van der Waals surface area contributed by atoms with Gasteiger partial charge in [0, 0.05) is 23.7 Å². The van der Waals surface area contributed by atoms with Crippen molar-refractivity contribution in [3.05, 3.63) is 61.0 Å². The smallest absolute Gasteiger partial charge is 0.0711 e. The number of nitrogens with zero attached hydrogens (tertiary/aromatic N) is 2. The third kappa shape index (κ3) is 6.21. The molecule has 0 aromatic rings. The van der Waals surface area contributed by atoms with Crippen LogP contribution in [0.3, 0.4) is 0 Å². The number of hydrogen-bond donors (Lipinski definition) is 0. The molecule has 0 saturated heterocycles. The first-order valence-corrected chi connectivity index (χ1v) is 7.91. The van der Waals surface area contributed by atoms with Gasteiger partial charge < -0.3 is 0 Å². The fraction of sp³-hybridized carbons (Fsp3) is 0.400. The summed E-state index contributed by atoms with van der Waals surface area (Å²) in [6.07, 6.45) is 11.7. The minimum absolute atomic E-state index is 0.737.